The Morgan fingerprint density at radius 2 is 2.44 bits per heavy atom. The minimum atomic E-state index is -0.301. The van der Waals surface area contributed by atoms with Gasteiger partial charge in [0.2, 0.25) is 0 Å². The molecule has 9 heavy (non-hydrogen) atoms. The van der Waals surface area contributed by atoms with Crippen LogP contribution in [-0.4, -0.2) is 37.0 Å². The molecule has 0 aromatic carbocycles. The minimum absolute atomic E-state index is 0.0231. The van der Waals surface area contributed by atoms with Crippen LogP contribution in [0, 0.1) is 0 Å². The van der Waals surface area contributed by atoms with Gasteiger partial charge in [0.05, 0.1) is 12.2 Å². The Balaban J connectivity index is 2.22. The van der Waals surface area contributed by atoms with E-state index in [1.165, 1.54) is 0 Å². The van der Waals surface area contributed by atoms with E-state index in [9.17, 15) is 0 Å². The van der Waals surface area contributed by atoms with Gasteiger partial charge in [-0.05, 0) is 6.92 Å². The maximum absolute atomic E-state index is 9.13. The van der Waals surface area contributed by atoms with E-state index >= 15 is 0 Å². The van der Waals surface area contributed by atoms with Gasteiger partial charge in [-0.15, -0.1) is 0 Å². The number of rotatable bonds is 2. The number of ether oxygens (including phenoxy) is 1. The van der Waals surface area contributed by atoms with E-state index in [0.717, 1.165) is 6.54 Å². The molecule has 0 aliphatic carbocycles. The maximum atomic E-state index is 9.13. The van der Waals surface area contributed by atoms with E-state index in [1.54, 1.807) is 0 Å². The summed E-state index contributed by atoms with van der Waals surface area (Å²) in [6.45, 7) is 4.08. The number of β-amino-alcohol motifs (C(OH)–C–C–N with tert-alkyl or cyclic N) is 1. The Hall–Kier alpha value is -0.120. The van der Waals surface area contributed by atoms with Crippen LogP contribution in [0.5, 0.6) is 0 Å². The first-order chi connectivity index (χ1) is 4.34. The second-order valence-electron chi connectivity index (χ2n) is 2.22. The molecule has 0 aromatic rings. The smallest absolute Gasteiger partial charge is 0.0970 e. The molecule has 0 amide bonds. The number of hydrogen-bond donors (Lipinski definition) is 2. The summed E-state index contributed by atoms with van der Waals surface area (Å²) in [5.41, 5.74) is 0. The number of hydrogen-bond acceptors (Lipinski definition) is 3. The van der Waals surface area contributed by atoms with Gasteiger partial charge in [-0.25, -0.2) is 0 Å². The van der Waals surface area contributed by atoms with Crippen LogP contribution in [-0.2, 0) is 4.74 Å². The summed E-state index contributed by atoms with van der Waals surface area (Å²) in [6, 6.07) is 0. The average Bonchev–Trinajstić information content (AvgIpc) is 2.18. The Kier molecular flexibility index (Phi) is 2.45. The summed E-state index contributed by atoms with van der Waals surface area (Å²) < 4.78 is 5.20. The summed E-state index contributed by atoms with van der Waals surface area (Å²) in [5, 5.41) is 12.2. The molecule has 54 valence electrons. The molecule has 3 heteroatoms. The quantitative estimate of drug-likeness (QED) is 0.523. The zero-order valence-electron chi connectivity index (χ0n) is 5.63. The lowest BCUT2D eigenvalue weighted by molar-refractivity contribution is -0.00196. The molecule has 0 bridgehead atoms. The third kappa shape index (κ3) is 1.64. The lowest BCUT2D eigenvalue weighted by Gasteiger charge is -2.11. The Bertz CT molecular complexity index is 87.1. The summed E-state index contributed by atoms with van der Waals surface area (Å²) in [7, 11) is 0. The molecule has 0 aromatic heterocycles. The zero-order chi connectivity index (χ0) is 6.69. The number of aliphatic hydroxyl groups excluding tert-OH is 1. The largest absolute Gasteiger partial charge is 0.389 e. The van der Waals surface area contributed by atoms with Gasteiger partial charge in [0.15, 0.2) is 0 Å². The molecule has 2 N–H and O–H groups in total. The molecule has 1 aliphatic rings. The number of nitrogens with one attached hydrogen (secondary N) is 1. The highest BCUT2D eigenvalue weighted by Crippen LogP contribution is 2.03. The fourth-order valence-electron chi connectivity index (χ4n) is 1.03. The van der Waals surface area contributed by atoms with Crippen molar-refractivity contribution in [1.82, 2.24) is 5.32 Å². The molecular formula is C6H13NO2. The highest BCUT2D eigenvalue weighted by Gasteiger charge is 2.24. The van der Waals surface area contributed by atoms with E-state index < -0.39 is 0 Å². The molecule has 0 radical (unpaired) electrons. The van der Waals surface area contributed by atoms with E-state index in [1.807, 2.05) is 6.92 Å². The third-order valence-electron chi connectivity index (χ3n) is 1.51. The lowest BCUT2D eigenvalue weighted by Crippen LogP contribution is -2.26. The van der Waals surface area contributed by atoms with Gasteiger partial charge < -0.3 is 15.2 Å². The standard InChI is InChI=1S/C6H13NO2/c1-2-9-6-4-7-3-5(6)8/h5-8H,2-4H2,1H3/t5-,6-/m0/s1. The molecule has 1 heterocycles. The van der Waals surface area contributed by atoms with Crippen LogP contribution in [0.25, 0.3) is 0 Å². The summed E-state index contributed by atoms with van der Waals surface area (Å²) in [6.07, 6.45) is -0.278. The number of aliphatic hydroxyl groups is 1. The average molecular weight is 131 g/mol. The molecule has 1 saturated heterocycles. The van der Waals surface area contributed by atoms with Crippen molar-refractivity contribution in [3.8, 4) is 0 Å². The first-order valence-electron chi connectivity index (χ1n) is 3.35. The topological polar surface area (TPSA) is 41.5 Å². The molecule has 0 unspecified atom stereocenters. The van der Waals surface area contributed by atoms with Gasteiger partial charge in [-0.2, -0.15) is 0 Å². The van der Waals surface area contributed by atoms with Crippen LogP contribution >= 0.6 is 0 Å². The zero-order valence-corrected chi connectivity index (χ0v) is 5.63. The summed E-state index contributed by atoms with van der Waals surface area (Å²) >= 11 is 0. The Morgan fingerprint density at radius 1 is 1.67 bits per heavy atom. The normalized spacial score (nSPS) is 35.3. The molecule has 2 atom stereocenters. The minimum Gasteiger partial charge on any atom is -0.389 e. The van der Waals surface area contributed by atoms with Crippen LogP contribution < -0.4 is 5.32 Å². The van der Waals surface area contributed by atoms with Crippen LogP contribution in [0.15, 0.2) is 0 Å². The van der Waals surface area contributed by atoms with Crippen molar-refractivity contribution < 1.29 is 9.84 Å². The van der Waals surface area contributed by atoms with Gasteiger partial charge in [0, 0.05) is 19.7 Å². The first kappa shape index (κ1) is 6.99. The van der Waals surface area contributed by atoms with Crippen molar-refractivity contribution in [2.45, 2.75) is 19.1 Å². The molecular weight excluding hydrogens is 118 g/mol. The van der Waals surface area contributed by atoms with Crippen molar-refractivity contribution in [2.24, 2.45) is 0 Å². The molecule has 3 nitrogen and oxygen atoms in total. The van der Waals surface area contributed by atoms with Gasteiger partial charge in [-0.3, -0.25) is 0 Å². The van der Waals surface area contributed by atoms with Crippen LogP contribution in [0.2, 0.25) is 0 Å². The van der Waals surface area contributed by atoms with E-state index in [4.69, 9.17) is 9.84 Å². The predicted molar refractivity (Wildman–Crippen MR) is 34.3 cm³/mol. The molecule has 0 spiro atoms. The maximum Gasteiger partial charge on any atom is 0.0970 e. The molecule has 1 aliphatic heterocycles. The fraction of sp³-hybridized carbons (Fsp3) is 1.00. The fourth-order valence-corrected chi connectivity index (χ4v) is 1.03. The van der Waals surface area contributed by atoms with Crippen molar-refractivity contribution >= 4 is 0 Å². The molecule has 1 rings (SSSR count). The van der Waals surface area contributed by atoms with Gasteiger partial charge in [0.25, 0.3) is 0 Å². The Labute approximate surface area is 55.0 Å². The van der Waals surface area contributed by atoms with Gasteiger partial charge >= 0.3 is 0 Å². The summed E-state index contributed by atoms with van der Waals surface area (Å²) in [5.74, 6) is 0. The van der Waals surface area contributed by atoms with Crippen molar-refractivity contribution in [3.63, 3.8) is 0 Å². The molecule has 0 saturated carbocycles. The van der Waals surface area contributed by atoms with E-state index in [-0.39, 0.29) is 12.2 Å². The highest BCUT2D eigenvalue weighted by atomic mass is 16.5. The van der Waals surface area contributed by atoms with Crippen molar-refractivity contribution in [3.05, 3.63) is 0 Å². The van der Waals surface area contributed by atoms with Crippen LogP contribution in [0.3, 0.4) is 0 Å². The van der Waals surface area contributed by atoms with Gasteiger partial charge in [-0.1, -0.05) is 0 Å². The summed E-state index contributed by atoms with van der Waals surface area (Å²) in [4.78, 5) is 0. The van der Waals surface area contributed by atoms with Crippen LogP contribution in [0.1, 0.15) is 6.92 Å². The third-order valence-corrected chi connectivity index (χ3v) is 1.51. The predicted octanol–water partition coefficient (Wildman–Crippen LogP) is -0.644. The monoisotopic (exact) mass is 131 g/mol. The second-order valence-corrected chi connectivity index (χ2v) is 2.22. The van der Waals surface area contributed by atoms with Gasteiger partial charge in [0.1, 0.15) is 0 Å². The van der Waals surface area contributed by atoms with E-state index in [0.29, 0.717) is 13.2 Å². The SMILES string of the molecule is CCO[C@H]1CNC[C@@H]1O. The highest BCUT2D eigenvalue weighted by molar-refractivity contribution is 4.80. The first-order valence-corrected chi connectivity index (χ1v) is 3.35. The lowest BCUT2D eigenvalue weighted by atomic mass is 10.3. The van der Waals surface area contributed by atoms with Crippen molar-refractivity contribution in [2.75, 3.05) is 19.7 Å². The van der Waals surface area contributed by atoms with Crippen molar-refractivity contribution in [1.29, 1.82) is 0 Å². The second kappa shape index (κ2) is 3.15. The Morgan fingerprint density at radius 3 is 2.89 bits per heavy atom. The molecule has 1 fully saturated rings. The van der Waals surface area contributed by atoms with Crippen LogP contribution in [0.4, 0.5) is 0 Å². The van der Waals surface area contributed by atoms with E-state index in [2.05, 4.69) is 5.32 Å².